The summed E-state index contributed by atoms with van der Waals surface area (Å²) in [6, 6.07) is 3.02. The van der Waals surface area contributed by atoms with Gasteiger partial charge in [0.1, 0.15) is 5.82 Å². The second kappa shape index (κ2) is 3.94. The minimum atomic E-state index is -0.339. The van der Waals surface area contributed by atoms with Gasteiger partial charge in [-0.05, 0) is 12.1 Å². The van der Waals surface area contributed by atoms with Crippen LogP contribution in [0.2, 0.25) is 0 Å². The number of likely N-dealkylation sites (N-methyl/N-ethyl adjacent to an activating group) is 1. The fraction of sp³-hybridized carbons (Fsp3) is 0.400. The molecule has 80 valence electrons. The van der Waals surface area contributed by atoms with Crippen LogP contribution < -0.4 is 0 Å². The molecule has 5 heteroatoms. The average molecular weight is 209 g/mol. The summed E-state index contributed by atoms with van der Waals surface area (Å²) < 4.78 is 12.6. The summed E-state index contributed by atoms with van der Waals surface area (Å²) in [4.78, 5) is 18.8. The van der Waals surface area contributed by atoms with E-state index in [-0.39, 0.29) is 11.7 Å². The molecule has 0 saturated carbocycles. The van der Waals surface area contributed by atoms with Gasteiger partial charge in [-0.3, -0.25) is 14.7 Å². The van der Waals surface area contributed by atoms with Gasteiger partial charge in [0.15, 0.2) is 0 Å². The van der Waals surface area contributed by atoms with Crippen LogP contribution in [0.1, 0.15) is 5.69 Å². The molecule has 1 aromatic heterocycles. The maximum Gasteiger partial charge on any atom is 0.237 e. The Morgan fingerprint density at radius 3 is 2.87 bits per heavy atom. The molecule has 0 aliphatic carbocycles. The lowest BCUT2D eigenvalue weighted by molar-refractivity contribution is -0.125. The molecular weight excluding hydrogens is 197 g/mol. The van der Waals surface area contributed by atoms with Crippen LogP contribution in [0.25, 0.3) is 0 Å². The molecule has 0 aromatic carbocycles. The molecule has 1 amide bonds. The minimum Gasteiger partial charge on any atom is -0.332 e. The number of hydrogen-bond acceptors (Lipinski definition) is 3. The van der Waals surface area contributed by atoms with Crippen LogP contribution >= 0.6 is 0 Å². The Bertz CT molecular complexity index is 365. The lowest BCUT2D eigenvalue weighted by atomic mass is 10.3. The number of carbonyl (C=O) groups excluding carboxylic acids is 1. The summed E-state index contributed by atoms with van der Waals surface area (Å²) in [6.07, 6.45) is 1.19. The van der Waals surface area contributed by atoms with E-state index in [0.29, 0.717) is 19.8 Å². The van der Waals surface area contributed by atoms with E-state index in [0.717, 1.165) is 5.69 Å². The smallest absolute Gasteiger partial charge is 0.237 e. The predicted octanol–water partition coefficient (Wildman–Crippen LogP) is 0.452. The van der Waals surface area contributed by atoms with Crippen LogP contribution in [0.4, 0.5) is 4.39 Å². The van der Waals surface area contributed by atoms with Crippen LogP contribution in [0, 0.1) is 5.82 Å². The molecule has 0 bridgehead atoms. The molecule has 1 aromatic rings. The average Bonchev–Trinajstić information content (AvgIpc) is 2.50. The van der Waals surface area contributed by atoms with Gasteiger partial charge in [0.05, 0.1) is 25.1 Å². The van der Waals surface area contributed by atoms with E-state index in [1.807, 2.05) is 4.90 Å². The van der Waals surface area contributed by atoms with Crippen molar-refractivity contribution < 1.29 is 9.18 Å². The summed E-state index contributed by atoms with van der Waals surface area (Å²) in [5.41, 5.74) is 0.777. The third kappa shape index (κ3) is 2.30. The second-order valence-corrected chi connectivity index (χ2v) is 3.69. The van der Waals surface area contributed by atoms with Crippen LogP contribution in [-0.2, 0) is 11.3 Å². The van der Waals surface area contributed by atoms with Crippen molar-refractivity contribution in [3.63, 3.8) is 0 Å². The lowest BCUT2D eigenvalue weighted by Crippen LogP contribution is -2.23. The molecule has 2 rings (SSSR count). The van der Waals surface area contributed by atoms with Gasteiger partial charge in [0, 0.05) is 13.6 Å². The molecule has 0 radical (unpaired) electrons. The fourth-order valence-corrected chi connectivity index (χ4v) is 1.58. The molecular formula is C10H12FN3O. The molecule has 0 atom stereocenters. The Balaban J connectivity index is 1.98. The van der Waals surface area contributed by atoms with Gasteiger partial charge in [0.2, 0.25) is 5.91 Å². The van der Waals surface area contributed by atoms with E-state index in [1.165, 1.54) is 12.3 Å². The zero-order valence-electron chi connectivity index (χ0n) is 8.48. The molecule has 15 heavy (non-hydrogen) atoms. The normalized spacial score (nSPS) is 17.5. The minimum absolute atomic E-state index is 0.108. The number of carbonyl (C=O) groups is 1. The summed E-state index contributed by atoms with van der Waals surface area (Å²) in [5, 5.41) is 0. The van der Waals surface area contributed by atoms with Crippen molar-refractivity contribution in [3.05, 3.63) is 29.8 Å². The van der Waals surface area contributed by atoms with Crippen molar-refractivity contribution in [2.24, 2.45) is 0 Å². The number of rotatable bonds is 2. The standard InChI is InChI=1S/C10H12FN3O/c1-13-7-14(6-10(13)15)5-9-3-2-8(11)4-12-9/h2-4H,5-7H2,1H3. The lowest BCUT2D eigenvalue weighted by Gasteiger charge is -2.13. The zero-order valence-corrected chi connectivity index (χ0v) is 8.48. The van der Waals surface area contributed by atoms with E-state index in [1.54, 1.807) is 18.0 Å². The number of halogens is 1. The van der Waals surface area contributed by atoms with Gasteiger partial charge in [0.25, 0.3) is 0 Å². The summed E-state index contributed by atoms with van der Waals surface area (Å²) in [5.74, 6) is -0.231. The third-order valence-corrected chi connectivity index (χ3v) is 2.37. The summed E-state index contributed by atoms with van der Waals surface area (Å²) >= 11 is 0. The monoisotopic (exact) mass is 209 g/mol. The fourth-order valence-electron chi connectivity index (χ4n) is 1.58. The van der Waals surface area contributed by atoms with Crippen molar-refractivity contribution in [1.82, 2.24) is 14.8 Å². The highest BCUT2D eigenvalue weighted by molar-refractivity contribution is 5.79. The first-order valence-electron chi connectivity index (χ1n) is 4.72. The van der Waals surface area contributed by atoms with E-state index in [4.69, 9.17) is 0 Å². The van der Waals surface area contributed by atoms with Crippen LogP contribution in [-0.4, -0.2) is 41.0 Å². The molecule has 1 aliphatic rings. The molecule has 0 unspecified atom stereocenters. The molecule has 1 aliphatic heterocycles. The molecule has 1 saturated heterocycles. The topological polar surface area (TPSA) is 36.4 Å². The number of amides is 1. The Hall–Kier alpha value is -1.49. The Labute approximate surface area is 87.3 Å². The number of pyridine rings is 1. The van der Waals surface area contributed by atoms with E-state index >= 15 is 0 Å². The number of nitrogens with zero attached hydrogens (tertiary/aromatic N) is 3. The van der Waals surface area contributed by atoms with Gasteiger partial charge in [-0.25, -0.2) is 4.39 Å². The van der Waals surface area contributed by atoms with Gasteiger partial charge in [-0.2, -0.15) is 0 Å². The largest absolute Gasteiger partial charge is 0.332 e. The van der Waals surface area contributed by atoms with Crippen molar-refractivity contribution in [1.29, 1.82) is 0 Å². The molecule has 0 spiro atoms. The van der Waals surface area contributed by atoms with E-state index < -0.39 is 0 Å². The first kappa shape index (κ1) is 10.0. The Morgan fingerprint density at radius 2 is 2.33 bits per heavy atom. The highest BCUT2D eigenvalue weighted by Gasteiger charge is 2.24. The number of hydrogen-bond donors (Lipinski definition) is 0. The molecule has 1 fully saturated rings. The number of aromatic nitrogens is 1. The maximum absolute atomic E-state index is 12.6. The molecule has 2 heterocycles. The SMILES string of the molecule is CN1CN(Cc2ccc(F)cn2)CC1=O. The highest BCUT2D eigenvalue weighted by atomic mass is 19.1. The van der Waals surface area contributed by atoms with Crippen molar-refractivity contribution >= 4 is 5.91 Å². The third-order valence-electron chi connectivity index (χ3n) is 2.37. The maximum atomic E-state index is 12.6. The van der Waals surface area contributed by atoms with Crippen LogP contribution in [0.3, 0.4) is 0 Å². The predicted molar refractivity (Wildman–Crippen MR) is 52.2 cm³/mol. The first-order valence-corrected chi connectivity index (χ1v) is 4.72. The molecule has 0 N–H and O–H groups in total. The van der Waals surface area contributed by atoms with Gasteiger partial charge in [-0.15, -0.1) is 0 Å². The quantitative estimate of drug-likeness (QED) is 0.709. The first-order chi connectivity index (χ1) is 7.15. The van der Waals surface area contributed by atoms with Crippen molar-refractivity contribution in [3.8, 4) is 0 Å². The van der Waals surface area contributed by atoms with Crippen molar-refractivity contribution in [2.45, 2.75) is 6.54 Å². The van der Waals surface area contributed by atoms with E-state index in [2.05, 4.69) is 4.98 Å². The summed E-state index contributed by atoms with van der Waals surface area (Å²) in [6.45, 7) is 1.60. The van der Waals surface area contributed by atoms with Crippen LogP contribution in [0.5, 0.6) is 0 Å². The zero-order chi connectivity index (χ0) is 10.8. The van der Waals surface area contributed by atoms with Gasteiger partial charge >= 0.3 is 0 Å². The summed E-state index contributed by atoms with van der Waals surface area (Å²) in [7, 11) is 1.76. The molecule has 4 nitrogen and oxygen atoms in total. The van der Waals surface area contributed by atoms with Gasteiger partial charge < -0.3 is 4.90 Å². The van der Waals surface area contributed by atoms with E-state index in [9.17, 15) is 9.18 Å². The Kier molecular flexibility index (Phi) is 2.64. The Morgan fingerprint density at radius 1 is 1.53 bits per heavy atom. The highest BCUT2D eigenvalue weighted by Crippen LogP contribution is 2.08. The van der Waals surface area contributed by atoms with Crippen LogP contribution in [0.15, 0.2) is 18.3 Å². The second-order valence-electron chi connectivity index (χ2n) is 3.69. The van der Waals surface area contributed by atoms with Gasteiger partial charge in [-0.1, -0.05) is 0 Å². The van der Waals surface area contributed by atoms with Crippen molar-refractivity contribution in [2.75, 3.05) is 20.3 Å².